The van der Waals surface area contributed by atoms with Crippen LogP contribution < -0.4 is 4.90 Å². The maximum absolute atomic E-state index is 11.5. The van der Waals surface area contributed by atoms with E-state index in [1.165, 1.54) is 22.4 Å². The average molecular weight is 379 g/mol. The van der Waals surface area contributed by atoms with Crippen LogP contribution in [0.2, 0.25) is 0 Å². The van der Waals surface area contributed by atoms with Crippen LogP contribution in [0.3, 0.4) is 0 Å². The molecular weight excluding hydrogens is 348 g/mol. The molecule has 0 bridgehead atoms. The Morgan fingerprint density at radius 1 is 1.07 bits per heavy atom. The second-order valence-corrected chi connectivity index (χ2v) is 8.04. The third-order valence-corrected chi connectivity index (χ3v) is 6.09. The monoisotopic (exact) mass is 378 g/mol. The van der Waals surface area contributed by atoms with Crippen LogP contribution in [0, 0.1) is 6.92 Å². The van der Waals surface area contributed by atoms with E-state index >= 15 is 0 Å². The largest absolute Gasteiger partial charge is 0.372 e. The number of fused-ring (bicyclic) bond motifs is 1. The second-order valence-electron chi connectivity index (χ2n) is 8.04. The Morgan fingerprint density at radius 3 is 2.64 bits per heavy atom. The molecule has 0 spiro atoms. The average Bonchev–Trinajstić information content (AvgIpc) is 2.70. The van der Waals surface area contributed by atoms with Crippen LogP contribution in [0.25, 0.3) is 0 Å². The van der Waals surface area contributed by atoms with Crippen LogP contribution in [0.5, 0.6) is 0 Å². The molecule has 28 heavy (non-hydrogen) atoms. The van der Waals surface area contributed by atoms with Crippen LogP contribution in [-0.4, -0.2) is 50.0 Å². The first kappa shape index (κ1) is 19.2. The number of carbonyl (C=O) groups is 1. The van der Waals surface area contributed by atoms with Crippen molar-refractivity contribution in [3.8, 4) is 0 Å². The van der Waals surface area contributed by atoms with E-state index in [0.29, 0.717) is 6.42 Å². The van der Waals surface area contributed by atoms with Gasteiger partial charge in [-0.1, -0.05) is 36.4 Å². The third-order valence-electron chi connectivity index (χ3n) is 6.09. The molecule has 0 radical (unpaired) electrons. The summed E-state index contributed by atoms with van der Waals surface area (Å²) in [6, 6.07) is 15.1. The Kier molecular flexibility index (Phi) is 5.79. The summed E-state index contributed by atoms with van der Waals surface area (Å²) in [6.07, 6.45) is 1.74. The van der Waals surface area contributed by atoms with Crippen molar-refractivity contribution in [1.29, 1.82) is 0 Å². The highest BCUT2D eigenvalue weighted by molar-refractivity contribution is 5.79. The van der Waals surface area contributed by atoms with E-state index in [1.54, 1.807) is 6.92 Å². The smallest absolute Gasteiger partial charge is 0.134 e. The molecule has 2 aromatic rings. The Balaban J connectivity index is 1.39. The first-order chi connectivity index (χ1) is 13.6. The highest BCUT2D eigenvalue weighted by atomic mass is 16.5. The molecule has 148 valence electrons. The van der Waals surface area contributed by atoms with Crippen molar-refractivity contribution in [3.63, 3.8) is 0 Å². The van der Waals surface area contributed by atoms with Crippen molar-refractivity contribution in [2.75, 3.05) is 44.2 Å². The molecule has 0 amide bonds. The van der Waals surface area contributed by atoms with Crippen LogP contribution in [0.15, 0.2) is 42.5 Å². The molecule has 2 aliphatic heterocycles. The van der Waals surface area contributed by atoms with Gasteiger partial charge in [-0.2, -0.15) is 0 Å². The third kappa shape index (κ3) is 4.13. The fraction of sp³-hybridized carbons (Fsp3) is 0.458. The first-order valence-corrected chi connectivity index (χ1v) is 10.4. The number of rotatable bonds is 5. The quantitative estimate of drug-likeness (QED) is 0.796. The molecule has 4 nitrogen and oxygen atoms in total. The second kappa shape index (κ2) is 8.46. The predicted octanol–water partition coefficient (Wildman–Crippen LogP) is 3.56. The summed E-state index contributed by atoms with van der Waals surface area (Å²) >= 11 is 0. The lowest BCUT2D eigenvalue weighted by molar-refractivity contribution is -0.116. The fourth-order valence-corrected chi connectivity index (χ4v) is 4.51. The number of ether oxygens (including phenoxy) is 1. The minimum Gasteiger partial charge on any atom is -0.372 e. The zero-order chi connectivity index (χ0) is 19.5. The highest BCUT2D eigenvalue weighted by Gasteiger charge is 2.26. The van der Waals surface area contributed by atoms with Gasteiger partial charge in [-0.25, -0.2) is 0 Å². The van der Waals surface area contributed by atoms with E-state index < -0.39 is 0 Å². The van der Waals surface area contributed by atoms with Gasteiger partial charge in [-0.15, -0.1) is 0 Å². The molecule has 1 unspecified atom stereocenters. The van der Waals surface area contributed by atoms with E-state index in [2.05, 4.69) is 59.2 Å². The molecule has 1 saturated heterocycles. The number of piperazine rings is 1. The van der Waals surface area contributed by atoms with E-state index in [1.807, 2.05) is 0 Å². The lowest BCUT2D eigenvalue weighted by atomic mass is 9.97. The van der Waals surface area contributed by atoms with Gasteiger partial charge in [-0.05, 0) is 48.6 Å². The summed E-state index contributed by atoms with van der Waals surface area (Å²) < 4.78 is 6.10. The Morgan fingerprint density at radius 2 is 1.86 bits per heavy atom. The first-order valence-electron chi connectivity index (χ1n) is 10.4. The summed E-state index contributed by atoms with van der Waals surface area (Å²) in [5.41, 5.74) is 6.48. The zero-order valence-electron chi connectivity index (χ0n) is 17.0. The fourth-order valence-electron chi connectivity index (χ4n) is 4.51. The standard InChI is InChI=1S/C24H30N2O2/c1-18(27)16-21-7-5-9-23(19(21)2)26-13-11-25(12-14-26)17-24-22-8-4-3-6-20(22)10-15-28-24/h3-9,24H,10-17H2,1-2H3. The predicted molar refractivity (Wildman–Crippen MR) is 113 cm³/mol. The molecule has 1 fully saturated rings. The topological polar surface area (TPSA) is 32.8 Å². The molecular formula is C24H30N2O2. The molecule has 0 saturated carbocycles. The molecule has 2 aliphatic rings. The minimum atomic E-state index is 0.192. The van der Waals surface area contributed by atoms with Crippen molar-refractivity contribution < 1.29 is 9.53 Å². The lowest BCUT2D eigenvalue weighted by Gasteiger charge is -2.39. The van der Waals surface area contributed by atoms with Crippen molar-refractivity contribution in [2.24, 2.45) is 0 Å². The van der Waals surface area contributed by atoms with Gasteiger partial charge >= 0.3 is 0 Å². The van der Waals surface area contributed by atoms with E-state index in [4.69, 9.17) is 4.74 Å². The molecule has 0 N–H and O–H groups in total. The van der Waals surface area contributed by atoms with Gasteiger partial charge in [0.15, 0.2) is 0 Å². The van der Waals surface area contributed by atoms with Gasteiger partial charge in [0.25, 0.3) is 0 Å². The van der Waals surface area contributed by atoms with Gasteiger partial charge in [0, 0.05) is 44.8 Å². The number of benzene rings is 2. The molecule has 2 heterocycles. The number of Topliss-reactive ketones (excluding diaryl/α,β-unsaturated/α-hetero) is 1. The van der Waals surface area contributed by atoms with Crippen LogP contribution in [0.4, 0.5) is 5.69 Å². The van der Waals surface area contributed by atoms with Crippen LogP contribution in [-0.2, 0) is 22.4 Å². The maximum Gasteiger partial charge on any atom is 0.134 e. The summed E-state index contributed by atoms with van der Waals surface area (Å²) in [6.45, 7) is 9.70. The molecule has 2 aromatic carbocycles. The highest BCUT2D eigenvalue weighted by Crippen LogP contribution is 2.29. The molecule has 4 rings (SSSR count). The molecule has 0 aliphatic carbocycles. The van der Waals surface area contributed by atoms with E-state index in [0.717, 1.165) is 51.3 Å². The SMILES string of the molecule is CC(=O)Cc1cccc(N2CCN(CC3OCCc4ccccc43)CC2)c1C. The van der Waals surface area contributed by atoms with E-state index in [-0.39, 0.29) is 11.9 Å². The molecule has 0 aromatic heterocycles. The van der Waals surface area contributed by atoms with Gasteiger partial charge in [0.2, 0.25) is 0 Å². The van der Waals surface area contributed by atoms with Gasteiger partial charge < -0.3 is 9.64 Å². The van der Waals surface area contributed by atoms with Crippen molar-refractivity contribution >= 4 is 11.5 Å². The Labute approximate surface area is 168 Å². The normalized spacial score (nSPS) is 20.1. The number of hydrogen-bond acceptors (Lipinski definition) is 4. The summed E-state index contributed by atoms with van der Waals surface area (Å²) in [4.78, 5) is 16.5. The number of nitrogens with zero attached hydrogens (tertiary/aromatic N) is 2. The number of hydrogen-bond donors (Lipinski definition) is 0. The Bertz CT molecular complexity index is 840. The van der Waals surface area contributed by atoms with Gasteiger partial charge in [-0.3, -0.25) is 9.69 Å². The maximum atomic E-state index is 11.5. The van der Waals surface area contributed by atoms with Crippen molar-refractivity contribution in [3.05, 3.63) is 64.7 Å². The van der Waals surface area contributed by atoms with Crippen LogP contribution in [0.1, 0.15) is 35.3 Å². The van der Waals surface area contributed by atoms with Gasteiger partial charge in [0.05, 0.1) is 12.7 Å². The summed E-state index contributed by atoms with van der Waals surface area (Å²) in [5.74, 6) is 0.220. The lowest BCUT2D eigenvalue weighted by Crippen LogP contribution is -2.48. The molecule has 4 heteroatoms. The molecule has 1 atom stereocenters. The zero-order valence-corrected chi connectivity index (χ0v) is 17.0. The minimum absolute atomic E-state index is 0.192. The summed E-state index contributed by atoms with van der Waals surface area (Å²) in [7, 11) is 0. The number of ketones is 1. The Hall–Kier alpha value is -2.17. The van der Waals surface area contributed by atoms with Crippen molar-refractivity contribution in [2.45, 2.75) is 32.8 Å². The summed E-state index contributed by atoms with van der Waals surface area (Å²) in [5, 5.41) is 0. The van der Waals surface area contributed by atoms with Crippen LogP contribution >= 0.6 is 0 Å². The van der Waals surface area contributed by atoms with E-state index in [9.17, 15) is 4.79 Å². The number of carbonyl (C=O) groups excluding carboxylic acids is 1. The van der Waals surface area contributed by atoms with Gasteiger partial charge in [0.1, 0.15) is 5.78 Å². The number of anilines is 1. The van der Waals surface area contributed by atoms with Crippen molar-refractivity contribution in [1.82, 2.24) is 4.90 Å².